The van der Waals surface area contributed by atoms with Crippen LogP contribution in [0.25, 0.3) is 10.2 Å². The molecule has 1 amide bonds. The number of benzene rings is 1. The van der Waals surface area contributed by atoms with Crippen molar-refractivity contribution in [2.24, 2.45) is 0 Å². The summed E-state index contributed by atoms with van der Waals surface area (Å²) in [5.74, 6) is 1.95. The third-order valence-corrected chi connectivity index (χ3v) is 6.00. The molecule has 1 aliphatic heterocycles. The second kappa shape index (κ2) is 8.22. The minimum absolute atomic E-state index is 0.209. The number of thiophene rings is 1. The minimum Gasteiger partial charge on any atom is -0.454 e. The van der Waals surface area contributed by atoms with Crippen LogP contribution in [0.4, 0.5) is 5.82 Å². The Bertz CT molecular complexity index is 1050. The fraction of sp³-hybridized carbons (Fsp3) is 0.350. The maximum Gasteiger partial charge on any atom is 0.261 e. The molecule has 1 aliphatic rings. The molecule has 8 nitrogen and oxygen atoms in total. The number of carbonyl (C=O) groups is 1. The molecule has 29 heavy (non-hydrogen) atoms. The lowest BCUT2D eigenvalue weighted by Crippen LogP contribution is -2.31. The lowest BCUT2D eigenvalue weighted by Gasteiger charge is -2.09. The first-order valence-corrected chi connectivity index (χ1v) is 10.2. The van der Waals surface area contributed by atoms with Gasteiger partial charge in [-0.25, -0.2) is 9.97 Å². The number of aliphatic hydroxyl groups excluding tert-OH is 1. The van der Waals surface area contributed by atoms with E-state index in [-0.39, 0.29) is 19.2 Å². The van der Waals surface area contributed by atoms with E-state index in [2.05, 4.69) is 20.6 Å². The van der Waals surface area contributed by atoms with Gasteiger partial charge in [0.2, 0.25) is 6.79 Å². The van der Waals surface area contributed by atoms with Crippen molar-refractivity contribution in [1.29, 1.82) is 0 Å². The van der Waals surface area contributed by atoms with E-state index in [1.807, 2.05) is 32.0 Å². The van der Waals surface area contributed by atoms with Gasteiger partial charge in [-0.05, 0) is 36.6 Å². The van der Waals surface area contributed by atoms with Crippen LogP contribution in [0.1, 0.15) is 34.1 Å². The number of nitrogens with zero attached hydrogens (tertiary/aromatic N) is 2. The highest BCUT2D eigenvalue weighted by atomic mass is 32.1. The van der Waals surface area contributed by atoms with E-state index >= 15 is 0 Å². The summed E-state index contributed by atoms with van der Waals surface area (Å²) in [6, 6.07) is 5.79. The van der Waals surface area contributed by atoms with Crippen LogP contribution in [0.3, 0.4) is 0 Å². The van der Waals surface area contributed by atoms with E-state index in [1.165, 1.54) is 17.7 Å². The first-order chi connectivity index (χ1) is 14.1. The molecule has 3 aromatic rings. The SMILES string of the molecule is CC[C@@H](O)CNC(=O)c1sc2ncnc(NCc3ccc4c(c3)OCO4)c2c1C. The number of aromatic nitrogens is 2. The van der Waals surface area contributed by atoms with Crippen molar-refractivity contribution in [3.8, 4) is 11.5 Å². The van der Waals surface area contributed by atoms with E-state index in [0.29, 0.717) is 23.7 Å². The van der Waals surface area contributed by atoms with E-state index in [0.717, 1.165) is 32.8 Å². The van der Waals surface area contributed by atoms with Crippen molar-refractivity contribution in [3.63, 3.8) is 0 Å². The summed E-state index contributed by atoms with van der Waals surface area (Å²) in [6.07, 6.45) is 1.53. The van der Waals surface area contributed by atoms with Crippen LogP contribution >= 0.6 is 11.3 Å². The van der Waals surface area contributed by atoms with Crippen molar-refractivity contribution in [2.75, 3.05) is 18.7 Å². The lowest BCUT2D eigenvalue weighted by atomic mass is 10.1. The van der Waals surface area contributed by atoms with Gasteiger partial charge < -0.3 is 25.2 Å². The summed E-state index contributed by atoms with van der Waals surface area (Å²) in [5.41, 5.74) is 1.85. The molecule has 3 N–H and O–H groups in total. The molecule has 152 valence electrons. The van der Waals surface area contributed by atoms with Gasteiger partial charge in [-0.1, -0.05) is 13.0 Å². The molecule has 0 aliphatic carbocycles. The zero-order valence-corrected chi connectivity index (χ0v) is 17.0. The van der Waals surface area contributed by atoms with E-state index in [1.54, 1.807) is 0 Å². The lowest BCUT2D eigenvalue weighted by molar-refractivity contribution is 0.0917. The second-order valence-electron chi connectivity index (χ2n) is 6.77. The van der Waals surface area contributed by atoms with E-state index in [9.17, 15) is 9.90 Å². The standard InChI is InChI=1S/C20H22N4O4S/c1-3-13(25)8-22-19(26)17-11(2)16-18(23-9-24-20(16)29-17)21-7-12-4-5-14-15(6-12)28-10-27-14/h4-6,9,13,25H,3,7-8,10H2,1-2H3,(H,22,26)(H,21,23,24)/t13-/m1/s1. The summed E-state index contributed by atoms with van der Waals surface area (Å²) in [4.78, 5) is 22.6. The monoisotopic (exact) mass is 414 g/mol. The van der Waals surface area contributed by atoms with Crippen molar-refractivity contribution in [1.82, 2.24) is 15.3 Å². The zero-order valence-electron chi connectivity index (χ0n) is 16.2. The highest BCUT2D eigenvalue weighted by molar-refractivity contribution is 7.20. The first-order valence-electron chi connectivity index (χ1n) is 9.39. The Morgan fingerprint density at radius 3 is 2.97 bits per heavy atom. The number of aliphatic hydroxyl groups is 1. The van der Waals surface area contributed by atoms with Gasteiger partial charge in [-0.15, -0.1) is 11.3 Å². The molecule has 0 fully saturated rings. The Labute approximate surface area is 171 Å². The summed E-state index contributed by atoms with van der Waals surface area (Å²) >= 11 is 1.32. The molecule has 1 aromatic carbocycles. The number of hydrogen-bond donors (Lipinski definition) is 3. The van der Waals surface area contributed by atoms with Crippen LogP contribution in [0.5, 0.6) is 11.5 Å². The van der Waals surface area contributed by atoms with Crippen molar-refractivity contribution < 1.29 is 19.4 Å². The van der Waals surface area contributed by atoms with Gasteiger partial charge in [0.05, 0.1) is 16.4 Å². The average molecular weight is 414 g/mol. The van der Waals surface area contributed by atoms with Gasteiger partial charge in [-0.3, -0.25) is 4.79 Å². The second-order valence-corrected chi connectivity index (χ2v) is 7.77. The molecule has 2 aromatic heterocycles. The fourth-order valence-corrected chi connectivity index (χ4v) is 4.16. The quantitative estimate of drug-likeness (QED) is 0.546. The molecule has 0 spiro atoms. The number of nitrogens with one attached hydrogen (secondary N) is 2. The van der Waals surface area contributed by atoms with E-state index in [4.69, 9.17) is 9.47 Å². The van der Waals surface area contributed by atoms with Crippen LogP contribution in [0.15, 0.2) is 24.5 Å². The number of rotatable bonds is 7. The molecule has 4 rings (SSSR count). The predicted molar refractivity (Wildman–Crippen MR) is 111 cm³/mol. The van der Waals surface area contributed by atoms with Gasteiger partial charge in [0, 0.05) is 13.1 Å². The molecular formula is C20H22N4O4S. The Balaban J connectivity index is 1.54. The topological polar surface area (TPSA) is 106 Å². The maximum absolute atomic E-state index is 12.5. The van der Waals surface area contributed by atoms with Gasteiger partial charge in [0.1, 0.15) is 17.0 Å². The van der Waals surface area contributed by atoms with Gasteiger partial charge >= 0.3 is 0 Å². The highest BCUT2D eigenvalue weighted by Crippen LogP contribution is 2.35. The molecule has 3 heterocycles. The summed E-state index contributed by atoms with van der Waals surface area (Å²) < 4.78 is 10.8. The fourth-order valence-electron chi connectivity index (χ4n) is 3.09. The number of ether oxygens (including phenoxy) is 2. The number of hydrogen-bond acceptors (Lipinski definition) is 8. The number of fused-ring (bicyclic) bond motifs is 2. The van der Waals surface area contributed by atoms with Crippen LogP contribution in [0.2, 0.25) is 0 Å². The minimum atomic E-state index is -0.549. The van der Waals surface area contributed by atoms with Crippen LogP contribution < -0.4 is 20.1 Å². The van der Waals surface area contributed by atoms with Gasteiger partial charge in [0.25, 0.3) is 5.91 Å². The van der Waals surface area contributed by atoms with E-state index < -0.39 is 6.10 Å². The zero-order chi connectivity index (χ0) is 20.4. The highest BCUT2D eigenvalue weighted by Gasteiger charge is 2.20. The Morgan fingerprint density at radius 2 is 2.14 bits per heavy atom. The van der Waals surface area contributed by atoms with Crippen molar-refractivity contribution in [2.45, 2.75) is 32.9 Å². The van der Waals surface area contributed by atoms with Crippen LogP contribution in [-0.2, 0) is 6.54 Å². The normalized spacial score (nSPS) is 13.5. The Hall–Kier alpha value is -2.91. The third-order valence-electron chi connectivity index (χ3n) is 4.80. The van der Waals surface area contributed by atoms with Gasteiger partial charge in [0.15, 0.2) is 11.5 Å². The van der Waals surface area contributed by atoms with Crippen LogP contribution in [0, 0.1) is 6.92 Å². The molecule has 1 atom stereocenters. The Kier molecular flexibility index (Phi) is 5.50. The van der Waals surface area contributed by atoms with Crippen molar-refractivity contribution in [3.05, 3.63) is 40.5 Å². The molecule has 0 radical (unpaired) electrons. The predicted octanol–water partition coefficient (Wildman–Crippen LogP) is 2.84. The Morgan fingerprint density at radius 1 is 1.31 bits per heavy atom. The number of anilines is 1. The first kappa shape index (κ1) is 19.4. The number of carbonyl (C=O) groups excluding carboxylic acids is 1. The number of amides is 1. The van der Waals surface area contributed by atoms with Crippen LogP contribution in [-0.4, -0.2) is 40.4 Å². The molecule has 0 saturated carbocycles. The summed E-state index contributed by atoms with van der Waals surface area (Å²) in [7, 11) is 0. The molecule has 9 heteroatoms. The molecule has 0 saturated heterocycles. The average Bonchev–Trinajstić information content (AvgIpc) is 3.34. The van der Waals surface area contributed by atoms with Crippen molar-refractivity contribution >= 4 is 33.3 Å². The molecule has 0 bridgehead atoms. The summed E-state index contributed by atoms with van der Waals surface area (Å²) in [5, 5.41) is 16.6. The third kappa shape index (κ3) is 3.96. The maximum atomic E-state index is 12.5. The van der Waals surface area contributed by atoms with Gasteiger partial charge in [-0.2, -0.15) is 0 Å². The largest absolute Gasteiger partial charge is 0.454 e. The molecular weight excluding hydrogens is 392 g/mol. The summed E-state index contributed by atoms with van der Waals surface area (Å²) in [6.45, 7) is 4.77. The molecule has 0 unspecified atom stereocenters. The number of aryl methyl sites for hydroxylation is 1. The smallest absolute Gasteiger partial charge is 0.261 e.